The van der Waals surface area contributed by atoms with Gasteiger partial charge in [0, 0.05) is 23.4 Å². The second-order valence-electron chi connectivity index (χ2n) is 6.47. The lowest BCUT2D eigenvalue weighted by atomic mass is 9.91. The van der Waals surface area contributed by atoms with Crippen molar-refractivity contribution in [1.82, 2.24) is 14.6 Å². The van der Waals surface area contributed by atoms with Crippen LogP contribution in [0.25, 0.3) is 5.65 Å². The topological polar surface area (TPSA) is 50.4 Å². The molecule has 2 atom stereocenters. The largest absolute Gasteiger partial charge is 0.391 e. The Morgan fingerprint density at radius 1 is 1.19 bits per heavy atom. The molecule has 0 aromatic carbocycles. The van der Waals surface area contributed by atoms with Crippen molar-refractivity contribution < 1.29 is 5.11 Å². The van der Waals surface area contributed by atoms with Crippen LogP contribution in [0.5, 0.6) is 0 Å². The van der Waals surface area contributed by atoms with Crippen LogP contribution >= 0.6 is 0 Å². The molecular weight excluding hydrogens is 262 g/mol. The van der Waals surface area contributed by atoms with Gasteiger partial charge in [-0.05, 0) is 24.8 Å². The maximum Gasteiger partial charge on any atom is 0.160 e. The highest BCUT2D eigenvalue weighted by atomic mass is 16.3. The highest BCUT2D eigenvalue weighted by molar-refractivity contribution is 5.46. The number of fused-ring (bicyclic) bond motifs is 1. The van der Waals surface area contributed by atoms with Gasteiger partial charge in [0.15, 0.2) is 5.65 Å². The van der Waals surface area contributed by atoms with Crippen molar-refractivity contribution in [3.8, 4) is 0 Å². The molecule has 1 fully saturated rings. The monoisotopic (exact) mass is 287 g/mol. The van der Waals surface area contributed by atoms with Crippen molar-refractivity contribution in [2.24, 2.45) is 5.92 Å². The Balaban J connectivity index is 1.86. The summed E-state index contributed by atoms with van der Waals surface area (Å²) < 4.78 is 1.76. The summed E-state index contributed by atoms with van der Waals surface area (Å²) in [6.45, 7) is 2.38. The van der Waals surface area contributed by atoms with Gasteiger partial charge in [-0.2, -0.15) is 5.10 Å². The number of aliphatic hydroxyl groups is 1. The van der Waals surface area contributed by atoms with E-state index >= 15 is 0 Å². The van der Waals surface area contributed by atoms with E-state index in [1.165, 1.54) is 50.6 Å². The molecule has 1 aliphatic carbocycles. The Bertz CT molecular complexity index is 593. The normalized spacial score (nSPS) is 24.5. The minimum Gasteiger partial charge on any atom is -0.391 e. The van der Waals surface area contributed by atoms with E-state index in [0.29, 0.717) is 5.92 Å². The third-order valence-electron chi connectivity index (χ3n) is 4.81. The van der Waals surface area contributed by atoms with E-state index in [0.717, 1.165) is 17.1 Å². The smallest absolute Gasteiger partial charge is 0.160 e. The predicted molar refractivity (Wildman–Crippen MR) is 83.1 cm³/mol. The number of hydrogen-bond acceptors (Lipinski definition) is 3. The number of aliphatic hydroxyl groups excluding tert-OH is 1. The number of rotatable bonds is 2. The number of aromatic nitrogens is 3. The van der Waals surface area contributed by atoms with Crippen LogP contribution in [0.3, 0.4) is 0 Å². The van der Waals surface area contributed by atoms with Crippen LogP contribution < -0.4 is 0 Å². The fraction of sp³-hybridized carbons (Fsp3) is 0.647. The van der Waals surface area contributed by atoms with Crippen LogP contribution in [0.4, 0.5) is 0 Å². The zero-order chi connectivity index (χ0) is 14.7. The second kappa shape index (κ2) is 6.56. The summed E-state index contributed by atoms with van der Waals surface area (Å²) in [5, 5.41) is 13.6. The molecule has 3 rings (SSSR count). The van der Waals surface area contributed by atoms with E-state index in [9.17, 15) is 5.11 Å². The third kappa shape index (κ3) is 3.26. The zero-order valence-electron chi connectivity index (χ0n) is 12.8. The molecule has 0 spiro atoms. The molecule has 0 amide bonds. The maximum absolute atomic E-state index is 9.39. The van der Waals surface area contributed by atoms with Crippen molar-refractivity contribution in [1.29, 1.82) is 0 Å². The van der Waals surface area contributed by atoms with Crippen molar-refractivity contribution in [2.75, 3.05) is 0 Å². The average molecular weight is 287 g/mol. The van der Waals surface area contributed by atoms with Gasteiger partial charge in [0.05, 0.1) is 12.8 Å². The molecule has 21 heavy (non-hydrogen) atoms. The van der Waals surface area contributed by atoms with E-state index in [1.54, 1.807) is 10.7 Å². The first-order chi connectivity index (χ1) is 10.3. The first kappa shape index (κ1) is 14.5. The van der Waals surface area contributed by atoms with Gasteiger partial charge in [-0.15, -0.1) is 0 Å². The first-order valence-electron chi connectivity index (χ1n) is 8.22. The van der Waals surface area contributed by atoms with Crippen LogP contribution in [0.2, 0.25) is 0 Å². The lowest BCUT2D eigenvalue weighted by molar-refractivity contribution is 0.283. The van der Waals surface area contributed by atoms with Gasteiger partial charge in [0.1, 0.15) is 0 Å². The Labute approximate surface area is 126 Å². The minimum absolute atomic E-state index is 0.00164. The van der Waals surface area contributed by atoms with E-state index < -0.39 is 0 Å². The number of hydrogen-bond donors (Lipinski definition) is 1. The van der Waals surface area contributed by atoms with Crippen LogP contribution in [-0.2, 0) is 6.61 Å². The molecule has 4 nitrogen and oxygen atoms in total. The predicted octanol–water partition coefficient (Wildman–Crippen LogP) is 3.69. The summed E-state index contributed by atoms with van der Waals surface area (Å²) in [4.78, 5) is 4.80. The Kier molecular flexibility index (Phi) is 4.54. The van der Waals surface area contributed by atoms with Crippen LogP contribution in [0, 0.1) is 5.92 Å². The van der Waals surface area contributed by atoms with Crippen molar-refractivity contribution >= 4 is 5.65 Å². The van der Waals surface area contributed by atoms with Crippen LogP contribution in [0.1, 0.15) is 69.0 Å². The van der Waals surface area contributed by atoms with Crippen molar-refractivity contribution in [2.45, 2.75) is 64.4 Å². The van der Waals surface area contributed by atoms with Gasteiger partial charge < -0.3 is 5.11 Å². The SMILES string of the molecule is CC1CCCCCC(c2ccn3ncc(CO)c3n2)CC1. The molecule has 1 aliphatic rings. The Hall–Kier alpha value is -1.42. The number of nitrogens with zero attached hydrogens (tertiary/aromatic N) is 3. The van der Waals surface area contributed by atoms with Gasteiger partial charge in [-0.1, -0.05) is 39.0 Å². The fourth-order valence-electron chi connectivity index (χ4n) is 3.40. The maximum atomic E-state index is 9.39. The quantitative estimate of drug-likeness (QED) is 0.916. The van der Waals surface area contributed by atoms with E-state index in [2.05, 4.69) is 18.1 Å². The van der Waals surface area contributed by atoms with Gasteiger partial charge in [-0.3, -0.25) is 0 Å². The first-order valence-corrected chi connectivity index (χ1v) is 8.22. The molecule has 0 aliphatic heterocycles. The van der Waals surface area contributed by atoms with E-state index in [-0.39, 0.29) is 6.61 Å². The molecule has 1 saturated carbocycles. The molecule has 4 heteroatoms. The molecule has 2 aromatic heterocycles. The molecule has 2 heterocycles. The summed E-state index contributed by atoms with van der Waals surface area (Å²) >= 11 is 0. The molecule has 114 valence electrons. The van der Waals surface area contributed by atoms with Gasteiger partial charge >= 0.3 is 0 Å². The fourth-order valence-corrected chi connectivity index (χ4v) is 3.40. The average Bonchev–Trinajstić information content (AvgIpc) is 2.94. The summed E-state index contributed by atoms with van der Waals surface area (Å²) in [7, 11) is 0. The molecule has 2 aromatic rings. The summed E-state index contributed by atoms with van der Waals surface area (Å²) in [6.07, 6.45) is 12.8. The molecule has 0 bridgehead atoms. The molecular formula is C17H25N3O. The van der Waals surface area contributed by atoms with Gasteiger partial charge in [0.2, 0.25) is 0 Å². The summed E-state index contributed by atoms with van der Waals surface area (Å²) in [5.74, 6) is 1.38. The van der Waals surface area contributed by atoms with Gasteiger partial charge in [0.25, 0.3) is 0 Å². The van der Waals surface area contributed by atoms with Gasteiger partial charge in [-0.25, -0.2) is 9.50 Å². The summed E-state index contributed by atoms with van der Waals surface area (Å²) in [5.41, 5.74) is 2.79. The lowest BCUT2D eigenvalue weighted by Crippen LogP contribution is -2.05. The molecule has 2 unspecified atom stereocenters. The van der Waals surface area contributed by atoms with E-state index in [4.69, 9.17) is 4.98 Å². The highest BCUT2D eigenvalue weighted by Crippen LogP contribution is 2.31. The third-order valence-corrected chi connectivity index (χ3v) is 4.81. The minimum atomic E-state index is 0.00164. The zero-order valence-corrected chi connectivity index (χ0v) is 12.8. The molecule has 0 radical (unpaired) electrons. The summed E-state index contributed by atoms with van der Waals surface area (Å²) in [6, 6.07) is 2.11. The van der Waals surface area contributed by atoms with E-state index in [1.807, 2.05) is 6.20 Å². The standard InChI is InChI=1S/C17H25N3O/c1-13-5-3-2-4-6-14(8-7-13)16-9-10-20-17(19-16)15(12-21)11-18-20/h9-11,13-14,21H,2-8,12H2,1H3. The Morgan fingerprint density at radius 3 is 2.90 bits per heavy atom. The second-order valence-corrected chi connectivity index (χ2v) is 6.47. The van der Waals surface area contributed by atoms with Crippen molar-refractivity contribution in [3.05, 3.63) is 29.7 Å². The molecule has 1 N–H and O–H groups in total. The van der Waals surface area contributed by atoms with Crippen molar-refractivity contribution in [3.63, 3.8) is 0 Å². The van der Waals surface area contributed by atoms with Crippen LogP contribution in [-0.4, -0.2) is 19.7 Å². The lowest BCUT2D eigenvalue weighted by Gasteiger charge is -2.17. The Morgan fingerprint density at radius 2 is 2.05 bits per heavy atom. The highest BCUT2D eigenvalue weighted by Gasteiger charge is 2.18. The van der Waals surface area contributed by atoms with Crippen LogP contribution in [0.15, 0.2) is 18.5 Å². The molecule has 0 saturated heterocycles.